The van der Waals surface area contributed by atoms with Crippen molar-refractivity contribution in [1.82, 2.24) is 10.0 Å². The molecule has 2 N–H and O–H groups in total. The first kappa shape index (κ1) is 14.0. The molecular formula is C13H18N2O3S. The van der Waals surface area contributed by atoms with Crippen molar-refractivity contribution in [2.45, 2.75) is 13.5 Å². The Morgan fingerprint density at radius 1 is 1.26 bits per heavy atom. The predicted octanol–water partition coefficient (Wildman–Crippen LogP) is 1.38. The molecule has 5 nitrogen and oxygen atoms in total. The van der Waals surface area contributed by atoms with Gasteiger partial charge in [0.25, 0.3) is 0 Å². The molecule has 0 aliphatic rings. The molecule has 0 aliphatic carbocycles. The Labute approximate surface area is 113 Å². The Bertz CT molecular complexity index is 662. The third-order valence-electron chi connectivity index (χ3n) is 3.06. The molecule has 0 aliphatic heterocycles. The van der Waals surface area contributed by atoms with E-state index in [9.17, 15) is 8.42 Å². The maximum atomic E-state index is 11.3. The molecule has 0 spiro atoms. The summed E-state index contributed by atoms with van der Waals surface area (Å²) in [7, 11) is -1.73. The van der Waals surface area contributed by atoms with Crippen molar-refractivity contribution >= 4 is 21.0 Å². The fourth-order valence-corrected chi connectivity index (χ4v) is 2.58. The number of hydrogen-bond donors (Lipinski definition) is 2. The maximum Gasteiger partial charge on any atom is 0.212 e. The normalized spacial score (nSPS) is 12.1. The molecule has 6 heteroatoms. The number of benzene rings is 1. The zero-order chi connectivity index (χ0) is 13.9. The fourth-order valence-electron chi connectivity index (χ4n) is 1.96. The van der Waals surface area contributed by atoms with Crippen LogP contribution in [-0.2, 0) is 16.6 Å². The number of sulfonamides is 1. The van der Waals surface area contributed by atoms with Crippen LogP contribution in [0.2, 0.25) is 0 Å². The predicted molar refractivity (Wildman–Crippen MR) is 75.5 cm³/mol. The van der Waals surface area contributed by atoms with Crippen LogP contribution in [0.5, 0.6) is 0 Å². The second-order valence-electron chi connectivity index (χ2n) is 4.33. The molecule has 19 heavy (non-hydrogen) atoms. The molecule has 0 amide bonds. The molecule has 0 saturated heterocycles. The molecule has 2 aromatic rings. The maximum absolute atomic E-state index is 11.3. The summed E-state index contributed by atoms with van der Waals surface area (Å²) >= 11 is 0. The summed E-state index contributed by atoms with van der Waals surface area (Å²) in [6, 6.07) is 7.83. The third-order valence-corrected chi connectivity index (χ3v) is 4.42. The van der Waals surface area contributed by atoms with Gasteiger partial charge >= 0.3 is 0 Å². The van der Waals surface area contributed by atoms with E-state index in [0.29, 0.717) is 13.1 Å². The monoisotopic (exact) mass is 282 g/mol. The van der Waals surface area contributed by atoms with Crippen molar-refractivity contribution in [3.05, 3.63) is 35.6 Å². The van der Waals surface area contributed by atoms with Crippen LogP contribution in [-0.4, -0.2) is 27.8 Å². The first-order valence-electron chi connectivity index (χ1n) is 6.12. The van der Waals surface area contributed by atoms with Crippen molar-refractivity contribution < 1.29 is 12.8 Å². The smallest absolute Gasteiger partial charge is 0.212 e. The Morgan fingerprint density at radius 2 is 2.00 bits per heavy atom. The third kappa shape index (κ3) is 3.34. The van der Waals surface area contributed by atoms with Gasteiger partial charge in [-0.2, -0.15) is 0 Å². The summed E-state index contributed by atoms with van der Waals surface area (Å²) in [5, 5.41) is 4.21. The van der Waals surface area contributed by atoms with E-state index in [1.807, 2.05) is 31.2 Å². The van der Waals surface area contributed by atoms with Crippen LogP contribution >= 0.6 is 0 Å². The van der Waals surface area contributed by atoms with Crippen LogP contribution in [0.3, 0.4) is 0 Å². The molecule has 0 saturated carbocycles. The number of aryl methyl sites for hydroxylation is 1. The largest absolute Gasteiger partial charge is 0.461 e. The summed E-state index contributed by atoms with van der Waals surface area (Å²) in [6.07, 6.45) is 0. The minimum Gasteiger partial charge on any atom is -0.461 e. The zero-order valence-electron chi connectivity index (χ0n) is 11.1. The minimum atomic E-state index is -3.15. The summed E-state index contributed by atoms with van der Waals surface area (Å²) in [4.78, 5) is 0. The number of rotatable bonds is 6. The lowest BCUT2D eigenvalue weighted by Crippen LogP contribution is -2.29. The number of furan rings is 1. The van der Waals surface area contributed by atoms with Crippen molar-refractivity contribution in [1.29, 1.82) is 0 Å². The lowest BCUT2D eigenvalue weighted by molar-refractivity contribution is 0.565. The van der Waals surface area contributed by atoms with Gasteiger partial charge in [0.2, 0.25) is 10.0 Å². The standard InChI is InChI=1S/C13H18N2O3S/c1-10-12(9-15-7-8-19(16,17)14-2)11-5-3-4-6-13(11)18-10/h3-6,14-15H,7-9H2,1-2H3. The highest BCUT2D eigenvalue weighted by Crippen LogP contribution is 2.24. The van der Waals surface area contributed by atoms with Gasteiger partial charge in [0.05, 0.1) is 5.75 Å². The summed E-state index contributed by atoms with van der Waals surface area (Å²) in [6.45, 7) is 2.92. The first-order chi connectivity index (χ1) is 9.03. The average Bonchev–Trinajstić information content (AvgIpc) is 2.71. The lowest BCUT2D eigenvalue weighted by atomic mass is 10.1. The number of hydrogen-bond acceptors (Lipinski definition) is 4. The fraction of sp³-hybridized carbons (Fsp3) is 0.385. The highest BCUT2D eigenvalue weighted by molar-refractivity contribution is 7.89. The topological polar surface area (TPSA) is 71.3 Å². The van der Waals surface area contributed by atoms with E-state index in [1.54, 1.807) is 0 Å². The molecule has 1 heterocycles. The van der Waals surface area contributed by atoms with Gasteiger partial charge in [0, 0.05) is 24.0 Å². The van der Waals surface area contributed by atoms with E-state index in [-0.39, 0.29) is 5.75 Å². The van der Waals surface area contributed by atoms with Crippen LogP contribution in [0.25, 0.3) is 11.0 Å². The van der Waals surface area contributed by atoms with Gasteiger partial charge in [-0.15, -0.1) is 0 Å². The quantitative estimate of drug-likeness (QED) is 0.785. The van der Waals surface area contributed by atoms with Crippen LogP contribution in [0.15, 0.2) is 28.7 Å². The van der Waals surface area contributed by atoms with Gasteiger partial charge in [-0.25, -0.2) is 13.1 Å². The van der Waals surface area contributed by atoms with Gasteiger partial charge in [0.1, 0.15) is 11.3 Å². The lowest BCUT2D eigenvalue weighted by Gasteiger charge is -2.05. The molecule has 0 unspecified atom stereocenters. The summed E-state index contributed by atoms with van der Waals surface area (Å²) < 4.78 is 30.5. The molecule has 0 bridgehead atoms. The molecule has 0 radical (unpaired) electrons. The van der Waals surface area contributed by atoms with Crippen LogP contribution < -0.4 is 10.0 Å². The number of nitrogens with one attached hydrogen (secondary N) is 2. The SMILES string of the molecule is CNS(=O)(=O)CCNCc1c(C)oc2ccccc12. The second-order valence-corrected chi connectivity index (χ2v) is 6.38. The summed E-state index contributed by atoms with van der Waals surface area (Å²) in [5.74, 6) is 0.934. The van der Waals surface area contributed by atoms with Crippen LogP contribution in [0.4, 0.5) is 0 Å². The Hall–Kier alpha value is -1.37. The van der Waals surface area contributed by atoms with Crippen molar-refractivity contribution in [2.75, 3.05) is 19.3 Å². The molecule has 2 rings (SSSR count). The van der Waals surface area contributed by atoms with Crippen LogP contribution in [0, 0.1) is 6.92 Å². The van der Waals surface area contributed by atoms with Crippen molar-refractivity contribution in [3.8, 4) is 0 Å². The van der Waals surface area contributed by atoms with Gasteiger partial charge < -0.3 is 9.73 Å². The molecule has 1 aromatic heterocycles. The number of para-hydroxylation sites is 1. The Kier molecular flexibility index (Phi) is 4.24. The molecule has 1 aromatic carbocycles. The van der Waals surface area contributed by atoms with E-state index in [0.717, 1.165) is 22.3 Å². The highest BCUT2D eigenvalue weighted by Gasteiger charge is 2.10. The Morgan fingerprint density at radius 3 is 2.74 bits per heavy atom. The van der Waals surface area contributed by atoms with Crippen LogP contribution in [0.1, 0.15) is 11.3 Å². The van der Waals surface area contributed by atoms with E-state index in [4.69, 9.17) is 4.42 Å². The van der Waals surface area contributed by atoms with Gasteiger partial charge in [-0.1, -0.05) is 18.2 Å². The van der Waals surface area contributed by atoms with Gasteiger partial charge in [-0.3, -0.25) is 0 Å². The Balaban J connectivity index is 2.01. The van der Waals surface area contributed by atoms with E-state index >= 15 is 0 Å². The second kappa shape index (κ2) is 5.73. The molecular weight excluding hydrogens is 264 g/mol. The first-order valence-corrected chi connectivity index (χ1v) is 7.77. The van der Waals surface area contributed by atoms with E-state index in [2.05, 4.69) is 10.0 Å². The summed E-state index contributed by atoms with van der Waals surface area (Å²) in [5.41, 5.74) is 1.94. The van der Waals surface area contributed by atoms with Gasteiger partial charge in [0.15, 0.2) is 0 Å². The minimum absolute atomic E-state index is 0.0678. The average molecular weight is 282 g/mol. The number of fused-ring (bicyclic) bond motifs is 1. The molecule has 0 atom stereocenters. The van der Waals surface area contributed by atoms with Crippen molar-refractivity contribution in [3.63, 3.8) is 0 Å². The van der Waals surface area contributed by atoms with Crippen molar-refractivity contribution in [2.24, 2.45) is 0 Å². The molecule has 0 fully saturated rings. The van der Waals surface area contributed by atoms with E-state index in [1.165, 1.54) is 7.05 Å². The van der Waals surface area contributed by atoms with E-state index < -0.39 is 10.0 Å². The van der Waals surface area contributed by atoms with Gasteiger partial charge in [-0.05, 0) is 20.0 Å². The zero-order valence-corrected chi connectivity index (χ0v) is 11.9. The highest BCUT2D eigenvalue weighted by atomic mass is 32.2. The molecule has 104 valence electrons.